The van der Waals surface area contributed by atoms with E-state index in [9.17, 15) is 8.42 Å². The molecule has 1 fully saturated rings. The first-order valence-electron chi connectivity index (χ1n) is 22.4. The van der Waals surface area contributed by atoms with E-state index in [2.05, 4.69) is 13.2 Å². The minimum Gasteiger partial charge on any atom is -0.493 e. The van der Waals surface area contributed by atoms with Crippen molar-refractivity contribution in [1.29, 1.82) is 0 Å². The van der Waals surface area contributed by atoms with Crippen LogP contribution in [0.3, 0.4) is 0 Å². The Labute approximate surface area is 401 Å². The third kappa shape index (κ3) is 12.1. The van der Waals surface area contributed by atoms with Crippen LogP contribution in [0.25, 0.3) is 21.9 Å². The topological polar surface area (TPSA) is 147 Å². The van der Waals surface area contributed by atoms with Crippen LogP contribution < -0.4 is 23.8 Å². The van der Waals surface area contributed by atoms with Gasteiger partial charge in [-0.25, -0.2) is 0 Å². The molecule has 0 aliphatic carbocycles. The summed E-state index contributed by atoms with van der Waals surface area (Å²) >= 11 is 0. The molecule has 0 radical (unpaired) electrons. The van der Waals surface area contributed by atoms with Crippen molar-refractivity contribution < 1.29 is 54.9 Å². The minimum absolute atomic E-state index is 0.00673. The molecule has 1 aliphatic heterocycles. The summed E-state index contributed by atoms with van der Waals surface area (Å²) in [4.78, 5) is 15.1. The molecule has 8 rings (SSSR count). The molecule has 13 nitrogen and oxygen atoms in total. The van der Waals surface area contributed by atoms with Crippen molar-refractivity contribution in [3.05, 3.63) is 203 Å². The zero-order chi connectivity index (χ0) is 48.2. The second-order valence-electron chi connectivity index (χ2n) is 16.3. The zero-order valence-electron chi connectivity index (χ0n) is 38.4. The molecule has 0 bridgehead atoms. The molecule has 1 saturated heterocycles. The highest BCUT2D eigenvalue weighted by Gasteiger charge is 2.51. The van der Waals surface area contributed by atoms with Crippen LogP contribution in [0, 0.1) is 0 Å². The van der Waals surface area contributed by atoms with Crippen molar-refractivity contribution in [3.8, 4) is 23.0 Å². The molecule has 1 aliphatic rings. The standard InChI is InChI=1S/C55H54O13S/c1-5-27-61-45-31-46-48(50(56)41-29-44(68-69(4,57)58)43(59-3)30-42(41)66-46)52(62-28-6-2)49(45)53-55(65-35-40-25-17-10-18-26-40)54(64-34-39-23-15-9-16-24-39)51(63-33-38-21-13-8-14-22-38)47(67-53)36-60-32-37-19-11-7-12-20-37/h5-26,29-31,47,51,53-55H,1-2,27-28,32-36H2,3-4H3/t47-,51-,53+,54+,55+/m1/s1. The van der Waals surface area contributed by atoms with Crippen molar-refractivity contribution in [2.24, 2.45) is 0 Å². The molecule has 7 aromatic rings. The Kier molecular flexibility index (Phi) is 16.2. The molecular formula is C55H54O13S. The molecule has 0 saturated carbocycles. The summed E-state index contributed by atoms with van der Waals surface area (Å²) in [5.74, 6) is 0.109. The number of ether oxygens (including phenoxy) is 8. The Morgan fingerprint density at radius 3 is 1.65 bits per heavy atom. The quantitative estimate of drug-likeness (QED) is 0.0341. The van der Waals surface area contributed by atoms with Crippen LogP contribution in [0.15, 0.2) is 174 Å². The number of methoxy groups -OCH3 is 1. The second-order valence-corrected chi connectivity index (χ2v) is 17.9. The van der Waals surface area contributed by atoms with Gasteiger partial charge in [0.15, 0.2) is 11.5 Å². The van der Waals surface area contributed by atoms with Crippen molar-refractivity contribution in [2.75, 3.05) is 33.2 Å². The van der Waals surface area contributed by atoms with Gasteiger partial charge in [-0.2, -0.15) is 8.42 Å². The van der Waals surface area contributed by atoms with Crippen LogP contribution in [0.2, 0.25) is 0 Å². The molecule has 69 heavy (non-hydrogen) atoms. The predicted octanol–water partition coefficient (Wildman–Crippen LogP) is 9.84. The zero-order valence-corrected chi connectivity index (χ0v) is 39.2. The molecule has 2 heterocycles. The molecular weight excluding hydrogens is 901 g/mol. The summed E-state index contributed by atoms with van der Waals surface area (Å²) in [7, 11) is -2.69. The van der Waals surface area contributed by atoms with Gasteiger partial charge in [0.05, 0.1) is 57.3 Å². The maximum absolute atomic E-state index is 15.1. The maximum atomic E-state index is 15.1. The summed E-state index contributed by atoms with van der Waals surface area (Å²) in [6, 6.07) is 43.4. The van der Waals surface area contributed by atoms with E-state index in [0.717, 1.165) is 28.5 Å². The maximum Gasteiger partial charge on any atom is 0.306 e. The number of benzene rings is 6. The van der Waals surface area contributed by atoms with Crippen LogP contribution in [0.5, 0.6) is 23.0 Å². The molecule has 0 unspecified atom stereocenters. The van der Waals surface area contributed by atoms with Crippen molar-refractivity contribution in [3.63, 3.8) is 0 Å². The molecule has 5 atom stereocenters. The second kappa shape index (κ2) is 23.0. The summed E-state index contributed by atoms with van der Waals surface area (Å²) in [6.07, 6.45) is -0.492. The van der Waals surface area contributed by atoms with Crippen molar-refractivity contribution >= 4 is 32.1 Å². The highest BCUT2D eigenvalue weighted by Crippen LogP contribution is 2.48. The van der Waals surface area contributed by atoms with Gasteiger partial charge < -0.3 is 46.5 Å². The summed E-state index contributed by atoms with van der Waals surface area (Å²) in [5.41, 5.74) is 3.61. The minimum atomic E-state index is -4.04. The normalized spacial score (nSPS) is 18.1. The van der Waals surface area contributed by atoms with Crippen LogP contribution in [-0.4, -0.2) is 66.0 Å². The Morgan fingerprint density at radius 2 is 1.12 bits per heavy atom. The smallest absolute Gasteiger partial charge is 0.306 e. The average molecular weight is 955 g/mol. The lowest BCUT2D eigenvalue weighted by Gasteiger charge is -2.47. The van der Waals surface area contributed by atoms with E-state index in [1.165, 1.54) is 19.2 Å². The van der Waals surface area contributed by atoms with E-state index in [1.807, 2.05) is 121 Å². The van der Waals surface area contributed by atoms with E-state index in [1.54, 1.807) is 18.2 Å². The first-order valence-corrected chi connectivity index (χ1v) is 24.2. The highest BCUT2D eigenvalue weighted by molar-refractivity contribution is 7.86. The number of hydrogen-bond donors (Lipinski definition) is 0. The summed E-state index contributed by atoms with van der Waals surface area (Å²) < 4.78 is 89.8. The van der Waals surface area contributed by atoms with Gasteiger partial charge in [-0.3, -0.25) is 4.79 Å². The van der Waals surface area contributed by atoms with E-state index in [0.29, 0.717) is 5.56 Å². The lowest BCUT2D eigenvalue weighted by molar-refractivity contribution is -0.275. The monoisotopic (exact) mass is 954 g/mol. The Hall–Kier alpha value is -6.78. The molecule has 0 spiro atoms. The lowest BCUT2D eigenvalue weighted by Crippen LogP contribution is -2.58. The van der Waals surface area contributed by atoms with Crippen molar-refractivity contribution in [1.82, 2.24) is 0 Å². The lowest BCUT2D eigenvalue weighted by atomic mass is 9.88. The van der Waals surface area contributed by atoms with Crippen LogP contribution in [-0.2, 0) is 60.2 Å². The van der Waals surface area contributed by atoms with Gasteiger partial charge in [-0.15, -0.1) is 0 Å². The summed E-state index contributed by atoms with van der Waals surface area (Å²) in [5, 5.41) is -0.00421. The number of fused-ring (bicyclic) bond motifs is 2. The van der Waals surface area contributed by atoms with Gasteiger partial charge in [0.2, 0.25) is 5.43 Å². The van der Waals surface area contributed by atoms with Crippen LogP contribution in [0.4, 0.5) is 0 Å². The molecule has 358 valence electrons. The van der Waals surface area contributed by atoms with Crippen molar-refractivity contribution in [2.45, 2.75) is 56.9 Å². The van der Waals surface area contributed by atoms with E-state index < -0.39 is 46.1 Å². The first-order chi connectivity index (χ1) is 33.6. The molecule has 14 heteroatoms. The van der Waals surface area contributed by atoms with Gasteiger partial charge in [-0.05, 0) is 22.3 Å². The number of rotatable bonds is 23. The van der Waals surface area contributed by atoms with Gasteiger partial charge in [0, 0.05) is 18.2 Å². The summed E-state index contributed by atoms with van der Waals surface area (Å²) in [6.45, 7) is 8.66. The Bertz CT molecular complexity index is 2980. The fraction of sp³-hybridized carbons (Fsp3) is 0.255. The fourth-order valence-electron chi connectivity index (χ4n) is 8.22. The third-order valence-corrected chi connectivity index (χ3v) is 11.8. The van der Waals surface area contributed by atoms with E-state index >= 15 is 4.79 Å². The fourth-order valence-corrected chi connectivity index (χ4v) is 8.67. The number of hydrogen-bond acceptors (Lipinski definition) is 13. The molecule has 0 amide bonds. The van der Waals surface area contributed by atoms with Crippen LogP contribution in [0.1, 0.15) is 33.9 Å². The van der Waals surface area contributed by atoms with Gasteiger partial charge in [-0.1, -0.05) is 147 Å². The molecule has 6 aromatic carbocycles. The Balaban J connectivity index is 1.35. The molecule has 1 aromatic heterocycles. The predicted molar refractivity (Wildman–Crippen MR) is 262 cm³/mol. The first kappa shape index (κ1) is 48.7. The van der Waals surface area contributed by atoms with Crippen LogP contribution >= 0.6 is 0 Å². The molecule has 0 N–H and O–H groups in total. The van der Waals surface area contributed by atoms with E-state index in [-0.39, 0.29) is 91.2 Å². The highest BCUT2D eigenvalue weighted by atomic mass is 32.2. The third-order valence-electron chi connectivity index (χ3n) is 11.3. The van der Waals surface area contributed by atoms with Gasteiger partial charge >= 0.3 is 10.1 Å². The Morgan fingerprint density at radius 1 is 0.609 bits per heavy atom. The average Bonchev–Trinajstić information content (AvgIpc) is 3.36. The van der Waals surface area contributed by atoms with Gasteiger partial charge in [0.25, 0.3) is 0 Å². The SMILES string of the molecule is C=CCOc1cc2oc3cc(OC)c(OS(C)(=O)=O)cc3c(=O)c2c(OCC=C)c1[C@@H]1O[C@H](COCc2ccccc2)[C@@H](OCc2ccccc2)[C@H](OCc2ccccc2)[C@H]1OCc1ccccc1. The van der Waals surface area contributed by atoms with Gasteiger partial charge in [0.1, 0.15) is 71.8 Å². The van der Waals surface area contributed by atoms with E-state index in [4.69, 9.17) is 46.5 Å². The largest absolute Gasteiger partial charge is 0.493 e.